The van der Waals surface area contributed by atoms with Gasteiger partial charge in [-0.25, -0.2) is 0 Å². The molecule has 1 aromatic carbocycles. The van der Waals surface area contributed by atoms with Crippen molar-refractivity contribution in [3.8, 4) is 0 Å². The summed E-state index contributed by atoms with van der Waals surface area (Å²) in [6, 6.07) is 8.53. The third-order valence-corrected chi connectivity index (χ3v) is 4.03. The van der Waals surface area contributed by atoms with Crippen molar-refractivity contribution in [2.45, 2.75) is 38.8 Å². The predicted octanol–water partition coefficient (Wildman–Crippen LogP) is 1.60. The van der Waals surface area contributed by atoms with Crippen molar-refractivity contribution in [3.05, 3.63) is 35.4 Å². The zero-order chi connectivity index (χ0) is 14.5. The third kappa shape index (κ3) is 4.05. The number of likely N-dealkylation sites (tertiary alicyclic amines) is 1. The highest BCUT2D eigenvalue weighted by Crippen LogP contribution is 2.16. The first-order valence-corrected chi connectivity index (χ1v) is 7.39. The van der Waals surface area contributed by atoms with Crippen LogP contribution in [-0.2, 0) is 4.79 Å². The number of benzene rings is 1. The summed E-state index contributed by atoms with van der Waals surface area (Å²) in [6.45, 7) is 6.43. The monoisotopic (exact) mass is 275 g/mol. The molecule has 1 aliphatic rings. The van der Waals surface area contributed by atoms with Crippen molar-refractivity contribution >= 4 is 5.91 Å². The average molecular weight is 275 g/mol. The van der Waals surface area contributed by atoms with E-state index in [-0.39, 0.29) is 11.9 Å². The maximum atomic E-state index is 12.1. The van der Waals surface area contributed by atoms with Gasteiger partial charge < -0.3 is 11.1 Å². The Morgan fingerprint density at radius 1 is 1.40 bits per heavy atom. The minimum Gasteiger partial charge on any atom is -0.348 e. The van der Waals surface area contributed by atoms with Gasteiger partial charge in [0.1, 0.15) is 0 Å². The standard InChI is InChI=1S/C16H25N3O/c1-12-5-3-4-6-15(12)13(2)18-16(20)11-19-9-7-14(17)8-10-19/h3-6,13-14H,7-11,17H2,1-2H3,(H,18,20). The fourth-order valence-electron chi connectivity index (χ4n) is 2.75. The minimum atomic E-state index is 0.0516. The Morgan fingerprint density at radius 2 is 2.05 bits per heavy atom. The van der Waals surface area contributed by atoms with Crippen LogP contribution in [0.15, 0.2) is 24.3 Å². The molecule has 0 saturated carbocycles. The number of piperidine rings is 1. The Kier molecular flexibility index (Phi) is 5.15. The molecule has 4 heteroatoms. The fourth-order valence-corrected chi connectivity index (χ4v) is 2.75. The lowest BCUT2D eigenvalue weighted by molar-refractivity contribution is -0.123. The molecule has 0 bridgehead atoms. The van der Waals surface area contributed by atoms with Gasteiger partial charge in [0.25, 0.3) is 0 Å². The lowest BCUT2D eigenvalue weighted by Gasteiger charge is -2.29. The van der Waals surface area contributed by atoms with Crippen LogP contribution in [0, 0.1) is 6.92 Å². The number of nitrogens with zero attached hydrogens (tertiary/aromatic N) is 1. The van der Waals surface area contributed by atoms with Crippen LogP contribution in [0.4, 0.5) is 0 Å². The van der Waals surface area contributed by atoms with Crippen molar-refractivity contribution in [1.82, 2.24) is 10.2 Å². The topological polar surface area (TPSA) is 58.4 Å². The van der Waals surface area contributed by atoms with Gasteiger partial charge in [0.15, 0.2) is 0 Å². The Morgan fingerprint density at radius 3 is 2.70 bits per heavy atom. The normalized spacial score (nSPS) is 18.8. The number of aryl methyl sites for hydroxylation is 1. The number of rotatable bonds is 4. The molecule has 0 radical (unpaired) electrons. The first kappa shape index (κ1) is 15.0. The van der Waals surface area contributed by atoms with Gasteiger partial charge in [0, 0.05) is 19.1 Å². The SMILES string of the molecule is Cc1ccccc1C(C)NC(=O)CN1CCC(N)CC1. The van der Waals surface area contributed by atoms with Gasteiger partial charge in [0.2, 0.25) is 5.91 Å². The molecule has 4 nitrogen and oxygen atoms in total. The first-order chi connectivity index (χ1) is 9.56. The van der Waals surface area contributed by atoms with E-state index in [4.69, 9.17) is 5.73 Å². The molecule has 1 aliphatic heterocycles. The van der Waals surface area contributed by atoms with E-state index in [2.05, 4.69) is 29.3 Å². The molecular formula is C16H25N3O. The Hall–Kier alpha value is -1.39. The van der Waals surface area contributed by atoms with Crippen molar-refractivity contribution in [3.63, 3.8) is 0 Å². The van der Waals surface area contributed by atoms with E-state index in [1.807, 2.05) is 19.1 Å². The summed E-state index contributed by atoms with van der Waals surface area (Å²) in [5, 5.41) is 3.08. The van der Waals surface area contributed by atoms with E-state index < -0.39 is 0 Å². The van der Waals surface area contributed by atoms with Crippen LogP contribution in [0.1, 0.15) is 36.9 Å². The summed E-state index contributed by atoms with van der Waals surface area (Å²) >= 11 is 0. The van der Waals surface area contributed by atoms with Crippen LogP contribution in [0.3, 0.4) is 0 Å². The fraction of sp³-hybridized carbons (Fsp3) is 0.562. The van der Waals surface area contributed by atoms with Crippen LogP contribution < -0.4 is 11.1 Å². The van der Waals surface area contributed by atoms with E-state index in [9.17, 15) is 4.79 Å². The van der Waals surface area contributed by atoms with Crippen molar-refractivity contribution in [1.29, 1.82) is 0 Å². The number of nitrogens with two attached hydrogens (primary N) is 1. The van der Waals surface area contributed by atoms with E-state index in [1.165, 1.54) is 11.1 Å². The maximum Gasteiger partial charge on any atom is 0.234 e. The Balaban J connectivity index is 1.84. The molecule has 3 N–H and O–H groups in total. The summed E-state index contributed by atoms with van der Waals surface area (Å²) < 4.78 is 0. The average Bonchev–Trinajstić information content (AvgIpc) is 2.41. The van der Waals surface area contributed by atoms with Crippen molar-refractivity contribution in [2.75, 3.05) is 19.6 Å². The number of carbonyl (C=O) groups is 1. The highest BCUT2D eigenvalue weighted by atomic mass is 16.2. The van der Waals surface area contributed by atoms with E-state index in [1.54, 1.807) is 0 Å². The molecule has 0 aliphatic carbocycles. The zero-order valence-corrected chi connectivity index (χ0v) is 12.4. The second kappa shape index (κ2) is 6.86. The quantitative estimate of drug-likeness (QED) is 0.877. The van der Waals surface area contributed by atoms with Gasteiger partial charge in [-0.2, -0.15) is 0 Å². The number of amides is 1. The smallest absolute Gasteiger partial charge is 0.234 e. The second-order valence-corrected chi connectivity index (χ2v) is 5.76. The Labute approximate surface area is 121 Å². The highest BCUT2D eigenvalue weighted by Gasteiger charge is 2.19. The van der Waals surface area contributed by atoms with Crippen LogP contribution >= 0.6 is 0 Å². The predicted molar refractivity (Wildman–Crippen MR) is 81.4 cm³/mol. The number of hydrogen-bond acceptors (Lipinski definition) is 3. The molecule has 2 rings (SSSR count). The van der Waals surface area contributed by atoms with Gasteiger partial charge in [-0.05, 0) is 37.8 Å². The molecule has 1 fully saturated rings. The number of hydrogen-bond donors (Lipinski definition) is 2. The zero-order valence-electron chi connectivity index (χ0n) is 12.4. The molecule has 1 saturated heterocycles. The van der Waals surface area contributed by atoms with Gasteiger partial charge >= 0.3 is 0 Å². The molecule has 1 heterocycles. The van der Waals surface area contributed by atoms with Gasteiger partial charge in [-0.15, -0.1) is 0 Å². The summed E-state index contributed by atoms with van der Waals surface area (Å²) in [5.74, 6) is 0.0937. The molecule has 1 aromatic rings. The maximum absolute atomic E-state index is 12.1. The summed E-state index contributed by atoms with van der Waals surface area (Å²) in [4.78, 5) is 14.3. The largest absolute Gasteiger partial charge is 0.348 e. The number of carbonyl (C=O) groups excluding carboxylic acids is 1. The molecule has 1 amide bonds. The molecule has 20 heavy (non-hydrogen) atoms. The molecule has 0 aromatic heterocycles. The molecule has 0 spiro atoms. The summed E-state index contributed by atoms with van der Waals surface area (Å²) in [7, 11) is 0. The molecule has 110 valence electrons. The van der Waals surface area contributed by atoms with Crippen LogP contribution in [0.2, 0.25) is 0 Å². The van der Waals surface area contributed by atoms with Crippen molar-refractivity contribution in [2.24, 2.45) is 5.73 Å². The molecule has 1 unspecified atom stereocenters. The lowest BCUT2D eigenvalue weighted by atomic mass is 10.0. The summed E-state index contributed by atoms with van der Waals surface area (Å²) in [6.07, 6.45) is 1.97. The van der Waals surface area contributed by atoms with Crippen LogP contribution in [0.25, 0.3) is 0 Å². The number of nitrogens with one attached hydrogen (secondary N) is 1. The van der Waals surface area contributed by atoms with E-state index in [0.717, 1.165) is 25.9 Å². The van der Waals surface area contributed by atoms with Gasteiger partial charge in [-0.1, -0.05) is 24.3 Å². The van der Waals surface area contributed by atoms with Crippen molar-refractivity contribution < 1.29 is 4.79 Å². The lowest BCUT2D eigenvalue weighted by Crippen LogP contribution is -2.44. The second-order valence-electron chi connectivity index (χ2n) is 5.76. The van der Waals surface area contributed by atoms with Gasteiger partial charge in [0.05, 0.1) is 12.6 Å². The highest BCUT2D eigenvalue weighted by molar-refractivity contribution is 5.78. The third-order valence-electron chi connectivity index (χ3n) is 4.03. The molecule has 1 atom stereocenters. The first-order valence-electron chi connectivity index (χ1n) is 7.39. The van der Waals surface area contributed by atoms with E-state index >= 15 is 0 Å². The minimum absolute atomic E-state index is 0.0516. The Bertz CT molecular complexity index is 453. The van der Waals surface area contributed by atoms with Gasteiger partial charge in [-0.3, -0.25) is 9.69 Å². The van der Waals surface area contributed by atoms with E-state index in [0.29, 0.717) is 12.6 Å². The molecular weight excluding hydrogens is 250 g/mol. The van der Waals surface area contributed by atoms with Crippen LogP contribution in [-0.4, -0.2) is 36.5 Å². The summed E-state index contributed by atoms with van der Waals surface area (Å²) in [5.41, 5.74) is 8.27. The van der Waals surface area contributed by atoms with Crippen LogP contribution in [0.5, 0.6) is 0 Å².